The Bertz CT molecular complexity index is 1120. The molecule has 6 nitrogen and oxygen atoms in total. The first kappa shape index (κ1) is 23.8. The van der Waals surface area contributed by atoms with Gasteiger partial charge in [-0.3, -0.25) is 9.59 Å². The normalized spacial score (nSPS) is 12.7. The van der Waals surface area contributed by atoms with E-state index in [0.717, 1.165) is 22.9 Å². The minimum absolute atomic E-state index is 0.0515. The fraction of sp³-hybridized carbons (Fsp3) is 0.261. The molecule has 1 aliphatic heterocycles. The van der Waals surface area contributed by atoms with Crippen LogP contribution in [0.2, 0.25) is 5.02 Å². The Balaban J connectivity index is 1.79. The molecule has 0 fully saturated rings. The number of fused-ring (bicyclic) bond motifs is 1. The lowest BCUT2D eigenvalue weighted by atomic mass is 10.1. The molecule has 0 aromatic heterocycles. The molecule has 2 aromatic carbocycles. The van der Waals surface area contributed by atoms with Crippen LogP contribution in [0.15, 0.2) is 47.1 Å². The highest BCUT2D eigenvalue weighted by molar-refractivity contribution is 8.14. The molecule has 1 heterocycles. The molecule has 2 aromatic rings. The third-order valence-electron chi connectivity index (χ3n) is 4.63. The van der Waals surface area contributed by atoms with Crippen molar-refractivity contribution in [2.75, 3.05) is 23.0 Å². The molecule has 0 radical (unpaired) electrons. The van der Waals surface area contributed by atoms with E-state index < -0.39 is 5.82 Å². The third-order valence-corrected chi connectivity index (χ3v) is 5.86. The van der Waals surface area contributed by atoms with Gasteiger partial charge in [0.25, 0.3) is 0 Å². The largest absolute Gasteiger partial charge is 0.466 e. The Morgan fingerprint density at radius 3 is 2.69 bits per heavy atom. The number of hydrogen-bond donors (Lipinski definition) is 2. The Morgan fingerprint density at radius 2 is 1.97 bits per heavy atom. The van der Waals surface area contributed by atoms with Crippen molar-refractivity contribution in [3.8, 4) is 0 Å². The van der Waals surface area contributed by atoms with Gasteiger partial charge in [0.1, 0.15) is 5.82 Å². The molecule has 32 heavy (non-hydrogen) atoms. The summed E-state index contributed by atoms with van der Waals surface area (Å²) < 4.78 is 18.3. The van der Waals surface area contributed by atoms with Crippen molar-refractivity contribution in [3.05, 3.63) is 64.1 Å². The van der Waals surface area contributed by atoms with Crippen LogP contribution in [0.25, 0.3) is 0 Å². The maximum Gasteiger partial charge on any atom is 0.311 e. The van der Waals surface area contributed by atoms with Crippen molar-refractivity contribution < 1.29 is 18.7 Å². The van der Waals surface area contributed by atoms with Crippen molar-refractivity contribution in [3.63, 3.8) is 0 Å². The number of anilines is 2. The SMILES string of the molecule is CCOC(=O)CC1=CC(SCC(=O)Nc2ccc(F)cc2Cl)=Nc2cc(C)c(C)cc2N1. The molecule has 0 aliphatic carbocycles. The first-order valence-corrected chi connectivity index (χ1v) is 11.3. The fourth-order valence-corrected chi connectivity index (χ4v) is 3.91. The zero-order valence-corrected chi connectivity index (χ0v) is 19.5. The summed E-state index contributed by atoms with van der Waals surface area (Å²) in [6.07, 6.45) is 1.79. The fourth-order valence-electron chi connectivity index (χ4n) is 2.96. The van der Waals surface area contributed by atoms with Crippen LogP contribution in [0, 0.1) is 19.7 Å². The molecule has 9 heteroatoms. The molecule has 3 rings (SSSR count). The highest BCUT2D eigenvalue weighted by Crippen LogP contribution is 2.34. The van der Waals surface area contributed by atoms with Crippen molar-refractivity contribution in [2.24, 2.45) is 4.99 Å². The standard InChI is InChI=1S/C23H23ClFN3O3S/c1-4-31-23(30)11-16-10-22(28-20-8-14(3)13(2)7-19(20)26-16)32-12-21(29)27-18-6-5-15(25)9-17(18)24/h5-10,26H,4,11-12H2,1-3H3,(H,27,29). The van der Waals surface area contributed by atoms with Crippen molar-refractivity contribution >= 4 is 57.3 Å². The van der Waals surface area contributed by atoms with Crippen molar-refractivity contribution in [1.82, 2.24) is 0 Å². The average Bonchev–Trinajstić information content (AvgIpc) is 2.87. The number of amides is 1. The zero-order valence-electron chi connectivity index (χ0n) is 17.9. The number of halogens is 2. The van der Waals surface area contributed by atoms with Crippen LogP contribution in [0.5, 0.6) is 0 Å². The van der Waals surface area contributed by atoms with Crippen LogP contribution < -0.4 is 10.6 Å². The van der Waals surface area contributed by atoms with E-state index in [2.05, 4.69) is 15.6 Å². The summed E-state index contributed by atoms with van der Waals surface area (Å²) in [6, 6.07) is 7.70. The molecule has 0 saturated heterocycles. The molecule has 168 valence electrons. The number of nitrogens with one attached hydrogen (secondary N) is 2. The van der Waals surface area contributed by atoms with E-state index in [1.165, 1.54) is 23.9 Å². The van der Waals surface area contributed by atoms with Crippen molar-refractivity contribution in [2.45, 2.75) is 27.2 Å². The van der Waals surface area contributed by atoms with Crippen LogP contribution in [0.4, 0.5) is 21.5 Å². The number of ether oxygens (including phenoxy) is 1. The van der Waals surface area contributed by atoms with Gasteiger partial charge in [0.15, 0.2) is 0 Å². The van der Waals surface area contributed by atoms with Gasteiger partial charge in [0.2, 0.25) is 5.91 Å². The van der Waals surface area contributed by atoms with Gasteiger partial charge in [-0.15, -0.1) is 0 Å². The second-order valence-electron chi connectivity index (χ2n) is 7.14. The zero-order chi connectivity index (χ0) is 23.3. The Kier molecular flexibility index (Phi) is 7.93. The van der Waals surface area contributed by atoms with E-state index in [9.17, 15) is 14.0 Å². The van der Waals surface area contributed by atoms with E-state index in [1.54, 1.807) is 13.0 Å². The number of esters is 1. The lowest BCUT2D eigenvalue weighted by molar-refractivity contribution is -0.142. The summed E-state index contributed by atoms with van der Waals surface area (Å²) in [7, 11) is 0. The first-order valence-electron chi connectivity index (χ1n) is 9.96. The number of carbonyl (C=O) groups is 2. The highest BCUT2D eigenvalue weighted by Gasteiger charge is 2.17. The maximum atomic E-state index is 13.2. The molecule has 0 unspecified atom stereocenters. The smallest absolute Gasteiger partial charge is 0.311 e. The number of hydrogen-bond acceptors (Lipinski definition) is 6. The Labute approximate surface area is 195 Å². The van der Waals surface area contributed by atoms with E-state index in [4.69, 9.17) is 16.3 Å². The summed E-state index contributed by atoms with van der Waals surface area (Å²) in [6.45, 7) is 6.04. The number of thioether (sulfide) groups is 1. The van der Waals surface area contributed by atoms with E-state index in [0.29, 0.717) is 28.7 Å². The minimum Gasteiger partial charge on any atom is -0.466 e. The van der Waals surface area contributed by atoms with Crippen molar-refractivity contribution in [1.29, 1.82) is 0 Å². The number of rotatable bonds is 6. The summed E-state index contributed by atoms with van der Waals surface area (Å²) in [5, 5.41) is 6.62. The molecule has 0 atom stereocenters. The van der Waals surface area contributed by atoms with Gasteiger partial charge >= 0.3 is 5.97 Å². The third kappa shape index (κ3) is 6.34. The predicted molar refractivity (Wildman–Crippen MR) is 128 cm³/mol. The number of aliphatic imine (C=N–C) groups is 1. The molecule has 0 saturated carbocycles. The first-order chi connectivity index (χ1) is 15.2. The monoisotopic (exact) mass is 475 g/mol. The van der Waals surface area contributed by atoms with Gasteiger partial charge < -0.3 is 15.4 Å². The summed E-state index contributed by atoms with van der Waals surface area (Å²) in [5.74, 6) is -1.10. The molecule has 1 aliphatic rings. The molecule has 0 bridgehead atoms. The molecule has 0 spiro atoms. The number of nitrogens with zero attached hydrogens (tertiary/aromatic N) is 1. The Morgan fingerprint density at radius 1 is 1.22 bits per heavy atom. The molecular formula is C23H23ClFN3O3S. The second kappa shape index (κ2) is 10.7. The number of carbonyl (C=O) groups excluding carboxylic acids is 2. The molecule has 1 amide bonds. The average molecular weight is 476 g/mol. The molecule has 2 N–H and O–H groups in total. The summed E-state index contributed by atoms with van der Waals surface area (Å²) in [4.78, 5) is 29.1. The van der Waals surface area contributed by atoms with E-state index >= 15 is 0 Å². The lowest BCUT2D eigenvalue weighted by Gasteiger charge is -2.12. The van der Waals surface area contributed by atoms with Crippen LogP contribution in [-0.2, 0) is 14.3 Å². The van der Waals surface area contributed by atoms with E-state index in [-0.39, 0.29) is 29.1 Å². The molecular weight excluding hydrogens is 453 g/mol. The maximum absolute atomic E-state index is 13.2. The van der Waals surface area contributed by atoms with Crippen LogP contribution in [-0.4, -0.2) is 29.3 Å². The van der Waals surface area contributed by atoms with Crippen LogP contribution >= 0.6 is 23.4 Å². The minimum atomic E-state index is -0.480. The van der Waals surface area contributed by atoms with E-state index in [1.807, 2.05) is 26.0 Å². The lowest BCUT2D eigenvalue weighted by Crippen LogP contribution is -2.15. The van der Waals surface area contributed by atoms with Gasteiger partial charge in [0, 0.05) is 5.70 Å². The highest BCUT2D eigenvalue weighted by atomic mass is 35.5. The number of aryl methyl sites for hydroxylation is 2. The van der Waals surface area contributed by atoms with Gasteiger partial charge in [-0.2, -0.15) is 0 Å². The number of benzene rings is 2. The summed E-state index contributed by atoms with van der Waals surface area (Å²) in [5.41, 5.74) is 4.62. The van der Waals surface area contributed by atoms with Gasteiger partial charge in [-0.05, 0) is 68.3 Å². The quantitative estimate of drug-likeness (QED) is 0.519. The Hall–Kier alpha value is -2.84. The van der Waals surface area contributed by atoms with Crippen LogP contribution in [0.1, 0.15) is 24.5 Å². The van der Waals surface area contributed by atoms with Gasteiger partial charge in [-0.1, -0.05) is 23.4 Å². The summed E-state index contributed by atoms with van der Waals surface area (Å²) >= 11 is 7.19. The van der Waals surface area contributed by atoms with Gasteiger partial charge in [0.05, 0.1) is 45.9 Å². The second-order valence-corrected chi connectivity index (χ2v) is 8.54. The topological polar surface area (TPSA) is 79.8 Å². The van der Waals surface area contributed by atoms with Gasteiger partial charge in [-0.25, -0.2) is 9.38 Å². The van der Waals surface area contributed by atoms with Crippen LogP contribution in [0.3, 0.4) is 0 Å². The predicted octanol–water partition coefficient (Wildman–Crippen LogP) is 5.76.